The molecule has 0 aromatic carbocycles. The van der Waals surface area contributed by atoms with Crippen LogP contribution < -0.4 is 15.5 Å². The Morgan fingerprint density at radius 3 is 2.79 bits per heavy atom. The van der Waals surface area contributed by atoms with Crippen LogP contribution in [0.1, 0.15) is 43.5 Å². The summed E-state index contributed by atoms with van der Waals surface area (Å²) in [7, 11) is 5.78. The predicted octanol–water partition coefficient (Wildman–Crippen LogP) is 2.16. The third-order valence-corrected chi connectivity index (χ3v) is 4.74. The van der Waals surface area contributed by atoms with Crippen molar-refractivity contribution in [2.45, 2.75) is 51.7 Å². The molecule has 3 heterocycles. The molecule has 1 aliphatic rings. The second-order valence-electron chi connectivity index (χ2n) is 7.43. The van der Waals surface area contributed by atoms with Gasteiger partial charge in [-0.05, 0) is 18.6 Å². The number of anilines is 1. The third kappa shape index (κ3) is 5.33. The molecular formula is C19H31IN8. The van der Waals surface area contributed by atoms with Crippen molar-refractivity contribution in [3.05, 3.63) is 35.5 Å². The summed E-state index contributed by atoms with van der Waals surface area (Å²) in [5, 5.41) is 15.6. The molecular weight excluding hydrogens is 467 g/mol. The van der Waals surface area contributed by atoms with Gasteiger partial charge in [0.1, 0.15) is 17.5 Å². The zero-order valence-corrected chi connectivity index (χ0v) is 19.6. The maximum atomic E-state index is 4.64. The summed E-state index contributed by atoms with van der Waals surface area (Å²) >= 11 is 0. The van der Waals surface area contributed by atoms with E-state index in [0.717, 1.165) is 48.5 Å². The highest BCUT2D eigenvalue weighted by molar-refractivity contribution is 14.0. The zero-order chi connectivity index (χ0) is 19.4. The molecule has 8 nitrogen and oxygen atoms in total. The first-order valence-electron chi connectivity index (χ1n) is 9.50. The van der Waals surface area contributed by atoms with Crippen LogP contribution >= 0.6 is 24.0 Å². The Hall–Kier alpha value is -1.91. The first kappa shape index (κ1) is 22.4. The minimum atomic E-state index is 0. The summed E-state index contributed by atoms with van der Waals surface area (Å²) in [4.78, 5) is 11.0. The van der Waals surface area contributed by atoms with Crippen LogP contribution in [0.3, 0.4) is 0 Å². The number of rotatable bonds is 5. The average molecular weight is 498 g/mol. The van der Waals surface area contributed by atoms with E-state index in [-0.39, 0.29) is 24.0 Å². The van der Waals surface area contributed by atoms with Gasteiger partial charge in [-0.15, -0.1) is 34.2 Å². The summed E-state index contributed by atoms with van der Waals surface area (Å²) in [6.45, 7) is 5.81. The number of aliphatic imine (C=N–C) groups is 1. The molecule has 0 fully saturated rings. The van der Waals surface area contributed by atoms with Crippen LogP contribution in [-0.2, 0) is 19.5 Å². The van der Waals surface area contributed by atoms with Gasteiger partial charge in [-0.1, -0.05) is 19.9 Å². The molecule has 0 radical (unpaired) electrons. The van der Waals surface area contributed by atoms with Crippen LogP contribution in [0.15, 0.2) is 23.2 Å². The number of nitrogens with zero attached hydrogens (tertiary/aromatic N) is 6. The third-order valence-electron chi connectivity index (χ3n) is 4.74. The Kier molecular flexibility index (Phi) is 8.02. The van der Waals surface area contributed by atoms with Gasteiger partial charge in [0, 0.05) is 46.1 Å². The fraction of sp³-hybridized carbons (Fsp3) is 0.579. The first-order valence-corrected chi connectivity index (χ1v) is 9.50. The van der Waals surface area contributed by atoms with E-state index in [0.29, 0.717) is 18.5 Å². The van der Waals surface area contributed by atoms with Crippen molar-refractivity contribution in [2.24, 2.45) is 4.99 Å². The monoisotopic (exact) mass is 498 g/mol. The molecule has 2 aromatic heterocycles. The standard InChI is InChI=1S/C19H30N8.HI/c1-13(2)18-25-24-17-10-9-15(12-27(17)18)23-19(20-3)21-11-14-7-6-8-16(22-14)26(4)5;/h6-8,13,15H,9-12H2,1-5H3,(H2,20,21,23);1H. The van der Waals surface area contributed by atoms with E-state index in [1.165, 1.54) is 0 Å². The van der Waals surface area contributed by atoms with Gasteiger partial charge in [-0.3, -0.25) is 4.99 Å². The highest BCUT2D eigenvalue weighted by Crippen LogP contribution is 2.20. The SMILES string of the molecule is CN=C(NCc1cccc(N(C)C)n1)NC1CCc2nnc(C(C)C)n2C1.I. The van der Waals surface area contributed by atoms with Crippen LogP contribution in [-0.4, -0.2) is 52.9 Å². The molecule has 2 N–H and O–H groups in total. The van der Waals surface area contributed by atoms with Crippen molar-refractivity contribution in [1.82, 2.24) is 30.4 Å². The topological polar surface area (TPSA) is 83.3 Å². The van der Waals surface area contributed by atoms with Crippen molar-refractivity contribution in [3.8, 4) is 0 Å². The quantitative estimate of drug-likeness (QED) is 0.374. The number of aromatic nitrogens is 4. The lowest BCUT2D eigenvalue weighted by atomic mass is 10.1. The van der Waals surface area contributed by atoms with E-state index in [2.05, 4.69) is 49.2 Å². The lowest BCUT2D eigenvalue weighted by Crippen LogP contribution is -2.47. The Labute approximate surface area is 184 Å². The van der Waals surface area contributed by atoms with Crippen LogP contribution in [0.25, 0.3) is 0 Å². The number of aryl methyl sites for hydroxylation is 1. The van der Waals surface area contributed by atoms with Crippen LogP contribution in [0.5, 0.6) is 0 Å². The Morgan fingerprint density at radius 2 is 2.11 bits per heavy atom. The number of guanidine groups is 1. The minimum absolute atomic E-state index is 0. The number of hydrogen-bond acceptors (Lipinski definition) is 5. The average Bonchev–Trinajstić information content (AvgIpc) is 3.08. The molecule has 0 aliphatic carbocycles. The molecule has 9 heteroatoms. The Bertz CT molecular complexity index is 799. The maximum Gasteiger partial charge on any atom is 0.191 e. The zero-order valence-electron chi connectivity index (χ0n) is 17.3. The smallest absolute Gasteiger partial charge is 0.191 e. The molecule has 2 aromatic rings. The number of hydrogen-bond donors (Lipinski definition) is 2. The summed E-state index contributed by atoms with van der Waals surface area (Å²) < 4.78 is 2.25. The van der Waals surface area contributed by atoms with Gasteiger partial charge >= 0.3 is 0 Å². The highest BCUT2D eigenvalue weighted by atomic mass is 127. The second kappa shape index (κ2) is 10.0. The molecule has 1 atom stereocenters. The molecule has 0 saturated carbocycles. The van der Waals surface area contributed by atoms with E-state index in [9.17, 15) is 0 Å². The van der Waals surface area contributed by atoms with Crippen molar-refractivity contribution in [2.75, 3.05) is 26.0 Å². The minimum Gasteiger partial charge on any atom is -0.363 e. The van der Waals surface area contributed by atoms with E-state index in [1.807, 2.05) is 37.2 Å². The van der Waals surface area contributed by atoms with Gasteiger partial charge in [0.05, 0.1) is 12.2 Å². The summed E-state index contributed by atoms with van der Waals surface area (Å²) in [5.74, 6) is 4.26. The molecule has 0 spiro atoms. The number of pyridine rings is 1. The van der Waals surface area contributed by atoms with Crippen molar-refractivity contribution in [3.63, 3.8) is 0 Å². The van der Waals surface area contributed by atoms with Gasteiger partial charge < -0.3 is 20.1 Å². The lowest BCUT2D eigenvalue weighted by Gasteiger charge is -2.27. The first-order chi connectivity index (χ1) is 13.0. The number of halogens is 1. The fourth-order valence-corrected chi connectivity index (χ4v) is 3.27. The normalized spacial score (nSPS) is 16.4. The molecule has 0 amide bonds. The summed E-state index contributed by atoms with van der Waals surface area (Å²) in [6.07, 6.45) is 1.95. The Balaban J connectivity index is 0.00000280. The van der Waals surface area contributed by atoms with E-state index in [1.54, 1.807) is 7.05 Å². The van der Waals surface area contributed by atoms with E-state index in [4.69, 9.17) is 0 Å². The highest BCUT2D eigenvalue weighted by Gasteiger charge is 2.24. The van der Waals surface area contributed by atoms with Gasteiger partial charge in [-0.2, -0.15) is 0 Å². The largest absolute Gasteiger partial charge is 0.363 e. The van der Waals surface area contributed by atoms with Gasteiger partial charge in [0.15, 0.2) is 5.96 Å². The van der Waals surface area contributed by atoms with Crippen LogP contribution in [0.2, 0.25) is 0 Å². The second-order valence-corrected chi connectivity index (χ2v) is 7.43. The molecule has 154 valence electrons. The summed E-state index contributed by atoms with van der Waals surface area (Å²) in [6, 6.07) is 6.35. The molecule has 3 rings (SSSR count). The number of fused-ring (bicyclic) bond motifs is 1. The van der Waals surface area contributed by atoms with Crippen molar-refractivity contribution >= 4 is 35.8 Å². The Morgan fingerprint density at radius 1 is 1.32 bits per heavy atom. The van der Waals surface area contributed by atoms with E-state index >= 15 is 0 Å². The van der Waals surface area contributed by atoms with Gasteiger partial charge in [0.25, 0.3) is 0 Å². The lowest BCUT2D eigenvalue weighted by molar-refractivity contribution is 0.407. The molecule has 1 aliphatic heterocycles. The number of nitrogens with one attached hydrogen (secondary N) is 2. The molecule has 28 heavy (non-hydrogen) atoms. The molecule has 1 unspecified atom stereocenters. The van der Waals surface area contributed by atoms with E-state index < -0.39 is 0 Å². The molecule has 0 bridgehead atoms. The maximum absolute atomic E-state index is 4.64. The van der Waals surface area contributed by atoms with Crippen molar-refractivity contribution < 1.29 is 0 Å². The fourth-order valence-electron chi connectivity index (χ4n) is 3.27. The van der Waals surface area contributed by atoms with Crippen LogP contribution in [0, 0.1) is 0 Å². The van der Waals surface area contributed by atoms with Crippen molar-refractivity contribution in [1.29, 1.82) is 0 Å². The van der Waals surface area contributed by atoms with Crippen LogP contribution in [0.4, 0.5) is 5.82 Å². The molecule has 0 saturated heterocycles. The van der Waals surface area contributed by atoms with Gasteiger partial charge in [0.2, 0.25) is 0 Å². The predicted molar refractivity (Wildman–Crippen MR) is 124 cm³/mol. The summed E-state index contributed by atoms with van der Waals surface area (Å²) in [5.41, 5.74) is 0.982. The van der Waals surface area contributed by atoms with Gasteiger partial charge in [-0.25, -0.2) is 4.98 Å².